The van der Waals surface area contributed by atoms with Gasteiger partial charge < -0.3 is 5.11 Å². The van der Waals surface area contributed by atoms with Crippen molar-refractivity contribution in [3.63, 3.8) is 0 Å². The fourth-order valence-corrected chi connectivity index (χ4v) is 2.08. The minimum atomic E-state index is -0.893. The summed E-state index contributed by atoms with van der Waals surface area (Å²) >= 11 is 6.73. The lowest BCUT2D eigenvalue weighted by Crippen LogP contribution is -1.98. The third kappa shape index (κ3) is 2.54. The predicted molar refractivity (Wildman–Crippen MR) is 58.7 cm³/mol. The van der Waals surface area contributed by atoms with E-state index in [1.54, 1.807) is 18.2 Å². The highest BCUT2D eigenvalue weighted by Crippen LogP contribution is 2.31. The zero-order valence-corrected chi connectivity index (χ0v) is 10.1. The summed E-state index contributed by atoms with van der Waals surface area (Å²) in [7, 11) is 0. The topological polar surface area (TPSA) is 37.3 Å². The van der Waals surface area contributed by atoms with E-state index >= 15 is 0 Å². The van der Waals surface area contributed by atoms with Crippen molar-refractivity contribution in [2.24, 2.45) is 0 Å². The average Bonchev–Trinajstić information content (AvgIpc) is 2.03. The molecule has 13 heavy (non-hydrogen) atoms. The van der Waals surface area contributed by atoms with Gasteiger partial charge in [0.25, 0.3) is 0 Å². The molecule has 0 spiro atoms. The van der Waals surface area contributed by atoms with Gasteiger partial charge in [-0.15, -0.1) is 0 Å². The summed E-state index contributed by atoms with van der Waals surface area (Å²) in [5.74, 6) is -0.893. The summed E-state index contributed by atoms with van der Waals surface area (Å²) < 4.78 is 0.0721. The number of rotatable bonds is 2. The highest BCUT2D eigenvalue weighted by Gasteiger charge is 2.09. The maximum atomic E-state index is 10.6. The number of hydrogen-bond acceptors (Lipinski definition) is 1. The summed E-state index contributed by atoms with van der Waals surface area (Å²) in [6, 6.07) is 5.06. The van der Waals surface area contributed by atoms with E-state index in [2.05, 4.69) is 31.9 Å². The molecule has 1 N–H and O–H groups in total. The quantitative estimate of drug-likeness (QED) is 0.849. The first-order valence-electron chi connectivity index (χ1n) is 3.64. The Morgan fingerprint density at radius 1 is 1.46 bits per heavy atom. The lowest BCUT2D eigenvalue weighted by molar-refractivity contribution is 0.0697. The summed E-state index contributed by atoms with van der Waals surface area (Å²) in [6.45, 7) is 1.89. The molecule has 0 fully saturated rings. The average molecular weight is 308 g/mol. The molecule has 1 aromatic rings. The van der Waals surface area contributed by atoms with Gasteiger partial charge in [0.2, 0.25) is 0 Å². The molecule has 0 heterocycles. The van der Waals surface area contributed by atoms with Crippen LogP contribution in [0, 0.1) is 6.92 Å². The number of aromatic carboxylic acids is 1. The van der Waals surface area contributed by atoms with Gasteiger partial charge in [0.1, 0.15) is 0 Å². The summed E-state index contributed by atoms with van der Waals surface area (Å²) in [5, 5.41) is 8.72. The monoisotopic (exact) mass is 306 g/mol. The van der Waals surface area contributed by atoms with Gasteiger partial charge >= 0.3 is 5.97 Å². The second-order valence-electron chi connectivity index (χ2n) is 2.68. The van der Waals surface area contributed by atoms with Crippen LogP contribution in [0.25, 0.3) is 0 Å². The zero-order valence-electron chi connectivity index (χ0n) is 6.92. The lowest BCUT2D eigenvalue weighted by atomic mass is 10.1. The van der Waals surface area contributed by atoms with Gasteiger partial charge in [0.15, 0.2) is 0 Å². The molecule has 0 aromatic heterocycles. The van der Waals surface area contributed by atoms with Gasteiger partial charge in [0, 0.05) is 0 Å². The first-order valence-corrected chi connectivity index (χ1v) is 5.47. The number of aryl methyl sites for hydroxylation is 1. The Bertz CT molecular complexity index is 334. The van der Waals surface area contributed by atoms with Crippen LogP contribution in [-0.4, -0.2) is 11.1 Å². The molecule has 0 unspecified atom stereocenters. The van der Waals surface area contributed by atoms with Gasteiger partial charge in [-0.2, -0.15) is 0 Å². The first-order chi connectivity index (χ1) is 6.02. The number of carboxylic acids is 1. The Balaban J connectivity index is 3.13. The molecule has 0 saturated carbocycles. The first kappa shape index (κ1) is 10.7. The van der Waals surface area contributed by atoms with E-state index in [4.69, 9.17) is 5.11 Å². The maximum absolute atomic E-state index is 10.6. The van der Waals surface area contributed by atoms with Gasteiger partial charge in [-0.05, 0) is 30.2 Å². The molecular weight excluding hydrogens is 300 g/mol. The number of halogens is 2. The molecule has 0 radical (unpaired) electrons. The number of alkyl halides is 2. The van der Waals surface area contributed by atoms with E-state index in [9.17, 15) is 4.79 Å². The number of carbonyl (C=O) groups is 1. The summed E-state index contributed by atoms with van der Waals surface area (Å²) in [4.78, 5) is 10.6. The summed E-state index contributed by atoms with van der Waals surface area (Å²) in [5.41, 5.74) is 2.32. The fraction of sp³-hybridized carbons (Fsp3) is 0.222. The molecule has 0 aliphatic heterocycles. The van der Waals surface area contributed by atoms with Crippen molar-refractivity contribution < 1.29 is 9.90 Å². The minimum Gasteiger partial charge on any atom is -0.478 e. The van der Waals surface area contributed by atoms with Crippen molar-refractivity contribution in [3.8, 4) is 0 Å². The molecule has 0 amide bonds. The smallest absolute Gasteiger partial charge is 0.335 e. The van der Waals surface area contributed by atoms with E-state index in [-0.39, 0.29) is 3.74 Å². The van der Waals surface area contributed by atoms with E-state index < -0.39 is 5.97 Å². The molecule has 4 heteroatoms. The zero-order chi connectivity index (χ0) is 10.0. The second kappa shape index (κ2) is 4.24. The van der Waals surface area contributed by atoms with Gasteiger partial charge in [-0.25, -0.2) is 4.79 Å². The molecule has 0 aliphatic rings. The normalized spacial score (nSPS) is 10.5. The number of benzene rings is 1. The molecular formula is C9H8Br2O2. The van der Waals surface area contributed by atoms with E-state index in [1.165, 1.54) is 0 Å². The van der Waals surface area contributed by atoms with Crippen LogP contribution < -0.4 is 0 Å². The van der Waals surface area contributed by atoms with Crippen molar-refractivity contribution in [3.05, 3.63) is 34.9 Å². The Labute approximate surface area is 93.2 Å². The molecule has 0 saturated heterocycles. The van der Waals surface area contributed by atoms with Crippen LogP contribution >= 0.6 is 31.9 Å². The molecule has 2 nitrogen and oxygen atoms in total. The van der Waals surface area contributed by atoms with Gasteiger partial charge in [0.05, 0.1) is 9.30 Å². The predicted octanol–water partition coefficient (Wildman–Crippen LogP) is 3.48. The highest BCUT2D eigenvalue weighted by atomic mass is 79.9. The number of hydrogen-bond donors (Lipinski definition) is 1. The molecule has 1 aromatic carbocycles. The molecule has 0 aliphatic carbocycles. The standard InChI is InChI=1S/C9H8Br2O2/c1-5-4-6(9(12)13)2-3-7(5)8(10)11/h2-4,8H,1H3,(H,12,13). The van der Waals surface area contributed by atoms with Crippen LogP contribution in [0.4, 0.5) is 0 Å². The third-order valence-corrected chi connectivity index (χ3v) is 2.74. The minimum absolute atomic E-state index is 0.0721. The fourth-order valence-electron chi connectivity index (χ4n) is 1.05. The molecule has 0 atom stereocenters. The molecule has 1 rings (SSSR count). The van der Waals surface area contributed by atoms with Gasteiger partial charge in [-0.3, -0.25) is 0 Å². The van der Waals surface area contributed by atoms with Crippen molar-refractivity contribution in [1.82, 2.24) is 0 Å². The van der Waals surface area contributed by atoms with Crippen molar-refractivity contribution >= 4 is 37.8 Å². The van der Waals surface area contributed by atoms with Crippen LogP contribution in [0.1, 0.15) is 25.2 Å². The Hall–Kier alpha value is -0.350. The van der Waals surface area contributed by atoms with Crippen LogP contribution in [0.15, 0.2) is 18.2 Å². The second-order valence-corrected chi connectivity index (χ2v) is 5.74. The highest BCUT2D eigenvalue weighted by molar-refractivity contribution is 9.24. The van der Waals surface area contributed by atoms with Crippen molar-refractivity contribution in [1.29, 1.82) is 0 Å². The van der Waals surface area contributed by atoms with Gasteiger partial charge in [-0.1, -0.05) is 37.9 Å². The van der Waals surface area contributed by atoms with Crippen LogP contribution in [-0.2, 0) is 0 Å². The van der Waals surface area contributed by atoms with Crippen molar-refractivity contribution in [2.75, 3.05) is 0 Å². The Morgan fingerprint density at radius 3 is 2.46 bits per heavy atom. The van der Waals surface area contributed by atoms with Crippen LogP contribution in [0.5, 0.6) is 0 Å². The van der Waals surface area contributed by atoms with E-state index in [0.717, 1.165) is 11.1 Å². The molecule has 0 bridgehead atoms. The maximum Gasteiger partial charge on any atom is 0.335 e. The van der Waals surface area contributed by atoms with Crippen LogP contribution in [0.2, 0.25) is 0 Å². The Morgan fingerprint density at radius 2 is 2.08 bits per heavy atom. The molecule has 70 valence electrons. The van der Waals surface area contributed by atoms with E-state index in [1.807, 2.05) is 6.92 Å². The largest absolute Gasteiger partial charge is 0.478 e. The van der Waals surface area contributed by atoms with E-state index in [0.29, 0.717) is 5.56 Å². The Kier molecular flexibility index (Phi) is 3.50. The summed E-state index contributed by atoms with van der Waals surface area (Å²) in [6.07, 6.45) is 0. The SMILES string of the molecule is Cc1cc(C(=O)O)ccc1C(Br)Br. The number of carboxylic acid groups (broad SMARTS) is 1. The van der Waals surface area contributed by atoms with Crippen LogP contribution in [0.3, 0.4) is 0 Å². The van der Waals surface area contributed by atoms with Crippen molar-refractivity contribution in [2.45, 2.75) is 10.7 Å². The third-order valence-electron chi connectivity index (χ3n) is 1.75. The lowest BCUT2D eigenvalue weighted by Gasteiger charge is -2.07.